The van der Waals surface area contributed by atoms with Crippen LogP contribution in [0.3, 0.4) is 0 Å². The lowest BCUT2D eigenvalue weighted by atomic mass is 9.72. The van der Waals surface area contributed by atoms with E-state index in [0.29, 0.717) is 21.5 Å². The summed E-state index contributed by atoms with van der Waals surface area (Å²) >= 11 is 7.60. The van der Waals surface area contributed by atoms with Crippen molar-refractivity contribution in [1.82, 2.24) is 0 Å². The molecule has 0 aliphatic heterocycles. The quantitative estimate of drug-likeness (QED) is 0.567. The fourth-order valence-electron chi connectivity index (χ4n) is 3.27. The summed E-state index contributed by atoms with van der Waals surface area (Å²) in [6.45, 7) is 6.79. The molecule has 0 amide bonds. The van der Waals surface area contributed by atoms with Gasteiger partial charge in [0, 0.05) is 16.7 Å². The number of aliphatic imine (C=N–C) groups is 1. The van der Waals surface area contributed by atoms with Gasteiger partial charge in [-0.3, -0.25) is 0 Å². The molecule has 0 fully saturated rings. The van der Waals surface area contributed by atoms with E-state index in [-0.39, 0.29) is 11.0 Å². The Morgan fingerprint density at radius 3 is 2.80 bits per heavy atom. The van der Waals surface area contributed by atoms with Gasteiger partial charge in [-0.05, 0) is 48.3 Å². The Balaban J connectivity index is 1.96. The number of rotatable bonds is 2. The maximum absolute atomic E-state index is 13.9. The van der Waals surface area contributed by atoms with Gasteiger partial charge in [-0.2, -0.15) is 5.26 Å². The molecule has 1 aromatic carbocycles. The lowest BCUT2D eigenvalue weighted by Gasteiger charge is -2.33. The first-order chi connectivity index (χ1) is 11.8. The smallest absolute Gasteiger partial charge is 0.134 e. The minimum absolute atomic E-state index is 0.249. The zero-order valence-corrected chi connectivity index (χ0v) is 16.1. The zero-order valence-electron chi connectivity index (χ0n) is 14.6. The van der Waals surface area contributed by atoms with Gasteiger partial charge in [0.1, 0.15) is 16.9 Å². The normalized spacial score (nSPS) is 17.5. The largest absolute Gasteiger partial charge is 0.244 e. The van der Waals surface area contributed by atoms with Crippen LogP contribution in [0.4, 0.5) is 9.39 Å². The molecule has 2 aromatic rings. The number of thiophene rings is 1. The minimum Gasteiger partial charge on any atom is -0.244 e. The van der Waals surface area contributed by atoms with Crippen LogP contribution in [0.1, 0.15) is 48.8 Å². The Morgan fingerprint density at radius 1 is 1.40 bits per heavy atom. The second-order valence-corrected chi connectivity index (χ2v) is 8.99. The van der Waals surface area contributed by atoms with Crippen LogP contribution in [-0.2, 0) is 12.8 Å². The van der Waals surface area contributed by atoms with Crippen LogP contribution in [-0.4, -0.2) is 6.21 Å². The molecular weight excluding hydrogens is 355 g/mol. The van der Waals surface area contributed by atoms with E-state index in [4.69, 9.17) is 11.6 Å². The molecule has 0 radical (unpaired) electrons. The van der Waals surface area contributed by atoms with Gasteiger partial charge in [0.2, 0.25) is 0 Å². The molecule has 0 N–H and O–H groups in total. The summed E-state index contributed by atoms with van der Waals surface area (Å²) in [6.07, 6.45) is 4.40. The Labute approximate surface area is 157 Å². The third-order valence-corrected chi connectivity index (χ3v) is 6.39. The van der Waals surface area contributed by atoms with E-state index in [9.17, 15) is 9.65 Å². The van der Waals surface area contributed by atoms with E-state index in [1.807, 2.05) is 0 Å². The van der Waals surface area contributed by atoms with Crippen LogP contribution in [0, 0.1) is 28.5 Å². The maximum atomic E-state index is 13.9. The summed E-state index contributed by atoms with van der Waals surface area (Å²) in [7, 11) is 0. The average molecular weight is 375 g/mol. The van der Waals surface area contributed by atoms with Crippen LogP contribution in [0.2, 0.25) is 5.02 Å². The summed E-state index contributed by atoms with van der Waals surface area (Å²) in [6, 6.07) is 6.84. The van der Waals surface area contributed by atoms with Crippen LogP contribution >= 0.6 is 22.9 Å². The van der Waals surface area contributed by atoms with Gasteiger partial charge < -0.3 is 0 Å². The highest BCUT2D eigenvalue weighted by molar-refractivity contribution is 7.16. The first-order valence-electron chi connectivity index (χ1n) is 8.34. The van der Waals surface area contributed by atoms with E-state index < -0.39 is 5.82 Å². The molecule has 1 atom stereocenters. The molecule has 0 unspecified atom stereocenters. The van der Waals surface area contributed by atoms with Gasteiger partial charge in [0.05, 0.1) is 10.6 Å². The molecule has 3 rings (SSSR count). The second-order valence-electron chi connectivity index (χ2n) is 7.50. The van der Waals surface area contributed by atoms with Crippen molar-refractivity contribution in [2.45, 2.75) is 40.0 Å². The van der Waals surface area contributed by atoms with Gasteiger partial charge in [0.15, 0.2) is 0 Å². The fraction of sp³-hybridized carbons (Fsp3) is 0.400. The predicted molar refractivity (Wildman–Crippen MR) is 103 cm³/mol. The molecule has 5 heteroatoms. The second kappa shape index (κ2) is 6.90. The average Bonchev–Trinajstić information content (AvgIpc) is 2.90. The summed E-state index contributed by atoms with van der Waals surface area (Å²) < 4.78 is 13.9. The van der Waals surface area contributed by atoms with Crippen LogP contribution < -0.4 is 0 Å². The molecule has 0 saturated heterocycles. The van der Waals surface area contributed by atoms with Crippen molar-refractivity contribution in [2.24, 2.45) is 16.3 Å². The van der Waals surface area contributed by atoms with Crippen LogP contribution in [0.5, 0.6) is 0 Å². The third-order valence-electron chi connectivity index (χ3n) is 4.89. The van der Waals surface area contributed by atoms with Crippen LogP contribution in [0.15, 0.2) is 23.2 Å². The molecule has 0 bridgehead atoms. The van der Waals surface area contributed by atoms with Gasteiger partial charge in [-0.1, -0.05) is 38.4 Å². The Bertz CT molecular complexity index is 851. The lowest BCUT2D eigenvalue weighted by molar-refractivity contribution is 0.218. The molecule has 25 heavy (non-hydrogen) atoms. The predicted octanol–water partition coefficient (Wildman–Crippen LogP) is 6.31. The lowest BCUT2D eigenvalue weighted by Crippen LogP contribution is -2.26. The number of nitrogens with zero attached hydrogens (tertiary/aromatic N) is 2. The van der Waals surface area contributed by atoms with Gasteiger partial charge in [-0.25, -0.2) is 9.38 Å². The molecule has 1 aromatic heterocycles. The molecule has 130 valence electrons. The van der Waals surface area contributed by atoms with Gasteiger partial charge >= 0.3 is 0 Å². The third kappa shape index (κ3) is 3.63. The number of hydrogen-bond acceptors (Lipinski definition) is 3. The SMILES string of the molecule is CC(C)(C)[C@H]1CCc2c(sc(N=Cc3c(F)cccc3Cl)c2C#N)C1. The van der Waals surface area contributed by atoms with Crippen molar-refractivity contribution in [3.8, 4) is 6.07 Å². The van der Waals surface area contributed by atoms with Crippen molar-refractivity contribution in [3.05, 3.63) is 50.6 Å². The van der Waals surface area contributed by atoms with E-state index in [2.05, 4.69) is 31.8 Å². The number of halogens is 2. The summed E-state index contributed by atoms with van der Waals surface area (Å²) in [5.41, 5.74) is 2.27. The highest BCUT2D eigenvalue weighted by Gasteiger charge is 2.32. The maximum Gasteiger partial charge on any atom is 0.134 e. The first-order valence-corrected chi connectivity index (χ1v) is 9.53. The summed E-state index contributed by atoms with van der Waals surface area (Å²) in [5, 5.41) is 10.5. The molecule has 1 aliphatic rings. The highest BCUT2D eigenvalue weighted by Crippen LogP contribution is 2.44. The fourth-order valence-corrected chi connectivity index (χ4v) is 4.71. The van der Waals surface area contributed by atoms with E-state index in [0.717, 1.165) is 24.8 Å². The number of benzene rings is 1. The molecular formula is C20H20ClFN2S. The first kappa shape index (κ1) is 18.1. The molecule has 0 saturated carbocycles. The standard InChI is InChI=1S/C20H20ClFN2S/c1-20(2,3)12-7-8-13-14(10-23)19(25-18(13)9-12)24-11-15-16(21)5-4-6-17(15)22/h4-6,11-12H,7-9H2,1-3H3/t12-/m0/s1. The summed E-state index contributed by atoms with van der Waals surface area (Å²) in [5.74, 6) is 0.187. The molecule has 2 nitrogen and oxygen atoms in total. The topological polar surface area (TPSA) is 36.1 Å². The zero-order chi connectivity index (χ0) is 18.2. The highest BCUT2D eigenvalue weighted by atomic mass is 35.5. The van der Waals surface area contributed by atoms with Crippen molar-refractivity contribution in [3.63, 3.8) is 0 Å². The van der Waals surface area contributed by atoms with Gasteiger partial charge in [-0.15, -0.1) is 11.3 Å². The number of nitriles is 1. The van der Waals surface area contributed by atoms with Crippen molar-refractivity contribution in [2.75, 3.05) is 0 Å². The van der Waals surface area contributed by atoms with E-state index in [1.165, 1.54) is 17.2 Å². The van der Waals surface area contributed by atoms with E-state index in [1.54, 1.807) is 23.5 Å². The van der Waals surface area contributed by atoms with Crippen LogP contribution in [0.25, 0.3) is 0 Å². The van der Waals surface area contributed by atoms with Crippen molar-refractivity contribution >= 4 is 34.2 Å². The molecule has 0 spiro atoms. The summed E-state index contributed by atoms with van der Waals surface area (Å²) in [4.78, 5) is 5.65. The van der Waals surface area contributed by atoms with E-state index >= 15 is 0 Å². The Morgan fingerprint density at radius 2 is 2.16 bits per heavy atom. The van der Waals surface area contributed by atoms with Crippen molar-refractivity contribution < 1.29 is 4.39 Å². The number of hydrogen-bond donors (Lipinski definition) is 0. The minimum atomic E-state index is -0.413. The van der Waals surface area contributed by atoms with Gasteiger partial charge in [0.25, 0.3) is 0 Å². The number of fused-ring (bicyclic) bond motifs is 1. The van der Waals surface area contributed by atoms with Crippen molar-refractivity contribution in [1.29, 1.82) is 5.26 Å². The molecule has 1 heterocycles. The Kier molecular flexibility index (Phi) is 4.99. The monoisotopic (exact) mass is 374 g/mol. The Hall–Kier alpha value is -1.70. The molecule has 1 aliphatic carbocycles.